The minimum Gasteiger partial charge on any atom is -0.444 e. The normalized spacial score (nSPS) is 12.0. The van der Waals surface area contributed by atoms with Crippen molar-refractivity contribution >= 4 is 12.2 Å². The predicted octanol–water partition coefficient (Wildman–Crippen LogP) is 7.90. The van der Waals surface area contributed by atoms with Gasteiger partial charge in [-0.25, -0.2) is 9.59 Å². The first-order valence-corrected chi connectivity index (χ1v) is 14.5. The highest BCUT2D eigenvalue weighted by molar-refractivity contribution is 5.68. The Morgan fingerprint density at radius 1 is 0.583 bits per heavy atom. The lowest BCUT2D eigenvalue weighted by Crippen LogP contribution is -2.44. The van der Waals surface area contributed by atoms with Crippen LogP contribution in [-0.4, -0.2) is 49.2 Å². The third-order valence-electron chi connectivity index (χ3n) is 5.60. The van der Waals surface area contributed by atoms with Gasteiger partial charge in [-0.3, -0.25) is 0 Å². The summed E-state index contributed by atoms with van der Waals surface area (Å²) in [7, 11) is 0. The summed E-state index contributed by atoms with van der Waals surface area (Å²) >= 11 is 0. The number of amides is 2. The molecule has 36 heavy (non-hydrogen) atoms. The molecule has 0 saturated carbocycles. The van der Waals surface area contributed by atoms with Gasteiger partial charge in [0.15, 0.2) is 0 Å². The van der Waals surface area contributed by atoms with Crippen LogP contribution in [0.15, 0.2) is 0 Å². The number of alkyl carbamates (subject to hydrolysis) is 2. The minimum atomic E-state index is -0.566. The summed E-state index contributed by atoms with van der Waals surface area (Å²) in [5.41, 5.74) is -1.13. The molecule has 0 aromatic carbocycles. The Labute approximate surface area is 222 Å². The van der Waals surface area contributed by atoms with Gasteiger partial charge in [0.25, 0.3) is 0 Å². The molecular weight excluding hydrogens is 456 g/mol. The van der Waals surface area contributed by atoms with Crippen molar-refractivity contribution in [2.75, 3.05) is 19.7 Å². The summed E-state index contributed by atoms with van der Waals surface area (Å²) in [5, 5.41) is 5.47. The molecular formula is C29H58N2O5. The van der Waals surface area contributed by atoms with Crippen molar-refractivity contribution in [2.24, 2.45) is 0 Å². The molecule has 0 aromatic heterocycles. The van der Waals surface area contributed by atoms with Crippen molar-refractivity contribution in [1.82, 2.24) is 10.6 Å². The van der Waals surface area contributed by atoms with E-state index in [9.17, 15) is 9.59 Å². The molecule has 0 radical (unpaired) electrons. The Morgan fingerprint density at radius 2 is 0.917 bits per heavy atom. The van der Waals surface area contributed by atoms with Gasteiger partial charge >= 0.3 is 12.2 Å². The van der Waals surface area contributed by atoms with Gasteiger partial charge in [-0.15, -0.1) is 0 Å². The van der Waals surface area contributed by atoms with Crippen molar-refractivity contribution in [2.45, 2.75) is 156 Å². The molecule has 0 aromatic rings. The second kappa shape index (κ2) is 20.5. The SMILES string of the molecule is CCCCCCCCCCCCCCCCOC(CNC(=O)OC(C)(C)C)CNC(=O)OC(C)(C)C. The van der Waals surface area contributed by atoms with E-state index in [4.69, 9.17) is 14.2 Å². The van der Waals surface area contributed by atoms with Crippen molar-refractivity contribution < 1.29 is 23.8 Å². The average Bonchev–Trinajstić information content (AvgIpc) is 2.75. The summed E-state index contributed by atoms with van der Waals surface area (Å²) in [5.74, 6) is 0. The van der Waals surface area contributed by atoms with Gasteiger partial charge in [0, 0.05) is 19.7 Å². The minimum absolute atomic E-state index is 0.253. The van der Waals surface area contributed by atoms with Crippen LogP contribution in [0.4, 0.5) is 9.59 Å². The molecule has 0 bridgehead atoms. The molecule has 2 amide bonds. The Kier molecular flexibility index (Phi) is 19.7. The number of rotatable bonds is 20. The first-order chi connectivity index (χ1) is 16.9. The second-order valence-electron chi connectivity index (χ2n) is 11.9. The maximum Gasteiger partial charge on any atom is 0.407 e. The number of nitrogens with one attached hydrogen (secondary N) is 2. The molecule has 7 nitrogen and oxygen atoms in total. The van der Waals surface area contributed by atoms with Crippen LogP contribution in [0, 0.1) is 0 Å². The van der Waals surface area contributed by atoms with Gasteiger partial charge in [-0.1, -0.05) is 90.4 Å². The third kappa shape index (κ3) is 25.6. The van der Waals surface area contributed by atoms with Gasteiger partial charge in [-0.2, -0.15) is 0 Å². The molecule has 0 unspecified atom stereocenters. The van der Waals surface area contributed by atoms with Gasteiger partial charge in [0.2, 0.25) is 0 Å². The van der Waals surface area contributed by atoms with Gasteiger partial charge < -0.3 is 24.8 Å². The van der Waals surface area contributed by atoms with Gasteiger partial charge in [0.05, 0.1) is 6.10 Å². The molecule has 0 spiro atoms. The lowest BCUT2D eigenvalue weighted by atomic mass is 10.0. The van der Waals surface area contributed by atoms with Crippen LogP contribution in [0.1, 0.15) is 138 Å². The first-order valence-electron chi connectivity index (χ1n) is 14.5. The molecule has 0 aliphatic rings. The van der Waals surface area contributed by atoms with E-state index < -0.39 is 23.4 Å². The summed E-state index contributed by atoms with van der Waals surface area (Å²) in [6.45, 7) is 14.3. The highest BCUT2D eigenvalue weighted by Crippen LogP contribution is 2.13. The number of carbonyl (C=O) groups is 2. The fourth-order valence-electron chi connectivity index (χ4n) is 3.76. The lowest BCUT2D eigenvalue weighted by Gasteiger charge is -2.24. The summed E-state index contributed by atoms with van der Waals surface area (Å²) in [6.07, 6.45) is 17.0. The fraction of sp³-hybridized carbons (Fsp3) is 0.931. The molecule has 0 heterocycles. The monoisotopic (exact) mass is 514 g/mol. The van der Waals surface area contributed by atoms with E-state index in [0.717, 1.165) is 12.8 Å². The smallest absolute Gasteiger partial charge is 0.407 e. The number of ether oxygens (including phenoxy) is 3. The standard InChI is InChI=1S/C29H58N2O5/c1-8-9-10-11-12-13-14-15-16-17-18-19-20-21-22-34-25(23-30-26(32)35-28(2,3)4)24-31-27(33)36-29(5,6)7/h25H,8-24H2,1-7H3,(H,30,32)(H,31,33). The molecule has 0 atom stereocenters. The maximum atomic E-state index is 12.0. The van der Waals surface area contributed by atoms with Crippen LogP contribution in [0.25, 0.3) is 0 Å². The van der Waals surface area contributed by atoms with E-state index in [1.165, 1.54) is 77.0 Å². The topological polar surface area (TPSA) is 85.9 Å². The van der Waals surface area contributed by atoms with Crippen molar-refractivity contribution in [3.63, 3.8) is 0 Å². The second-order valence-corrected chi connectivity index (χ2v) is 11.9. The number of carbonyl (C=O) groups excluding carboxylic acids is 2. The number of unbranched alkanes of at least 4 members (excludes halogenated alkanes) is 13. The van der Waals surface area contributed by atoms with Crippen LogP contribution in [0.2, 0.25) is 0 Å². The summed E-state index contributed by atoms with van der Waals surface area (Å²) < 4.78 is 16.6. The first kappa shape index (κ1) is 34.5. The van der Waals surface area contributed by atoms with Crippen LogP contribution < -0.4 is 10.6 Å². The average molecular weight is 515 g/mol. The zero-order chi connectivity index (χ0) is 27.3. The highest BCUT2D eigenvalue weighted by atomic mass is 16.6. The quantitative estimate of drug-likeness (QED) is 0.161. The van der Waals surface area contributed by atoms with Crippen molar-refractivity contribution in [1.29, 1.82) is 0 Å². The molecule has 2 N–H and O–H groups in total. The Balaban J connectivity index is 4.03. The number of hydrogen-bond acceptors (Lipinski definition) is 5. The molecule has 214 valence electrons. The molecule has 0 aliphatic carbocycles. The Morgan fingerprint density at radius 3 is 1.25 bits per heavy atom. The van der Waals surface area contributed by atoms with E-state index in [1.807, 2.05) is 41.5 Å². The van der Waals surface area contributed by atoms with E-state index in [2.05, 4.69) is 17.6 Å². The van der Waals surface area contributed by atoms with E-state index in [-0.39, 0.29) is 19.2 Å². The fourth-order valence-corrected chi connectivity index (χ4v) is 3.76. The molecule has 0 fully saturated rings. The van der Waals surface area contributed by atoms with Crippen LogP contribution >= 0.6 is 0 Å². The molecule has 0 rings (SSSR count). The molecule has 0 saturated heterocycles. The van der Waals surface area contributed by atoms with Gasteiger partial charge in [0.1, 0.15) is 11.2 Å². The summed E-state index contributed by atoms with van der Waals surface area (Å²) in [6, 6.07) is 0. The molecule has 7 heteroatoms. The lowest BCUT2D eigenvalue weighted by molar-refractivity contribution is 0.0274. The van der Waals surface area contributed by atoms with Gasteiger partial charge in [-0.05, 0) is 48.0 Å². The maximum absolute atomic E-state index is 12.0. The van der Waals surface area contributed by atoms with Crippen molar-refractivity contribution in [3.05, 3.63) is 0 Å². The predicted molar refractivity (Wildman–Crippen MR) is 149 cm³/mol. The van der Waals surface area contributed by atoms with E-state index in [0.29, 0.717) is 6.61 Å². The highest BCUT2D eigenvalue weighted by Gasteiger charge is 2.20. The third-order valence-corrected chi connectivity index (χ3v) is 5.60. The van der Waals surface area contributed by atoms with E-state index in [1.54, 1.807) is 0 Å². The van der Waals surface area contributed by atoms with Crippen LogP contribution in [0.5, 0.6) is 0 Å². The number of hydrogen-bond donors (Lipinski definition) is 2. The Bertz CT molecular complexity index is 523. The van der Waals surface area contributed by atoms with E-state index >= 15 is 0 Å². The van der Waals surface area contributed by atoms with Crippen LogP contribution in [0.3, 0.4) is 0 Å². The van der Waals surface area contributed by atoms with Crippen LogP contribution in [-0.2, 0) is 14.2 Å². The Hall–Kier alpha value is -1.50. The largest absolute Gasteiger partial charge is 0.444 e. The zero-order valence-corrected chi connectivity index (χ0v) is 24.6. The molecule has 0 aliphatic heterocycles. The van der Waals surface area contributed by atoms with Crippen molar-refractivity contribution in [3.8, 4) is 0 Å². The zero-order valence-electron chi connectivity index (χ0n) is 24.6. The summed E-state index contributed by atoms with van der Waals surface area (Å²) in [4.78, 5) is 24.0.